The first kappa shape index (κ1) is 17.7. The van der Waals surface area contributed by atoms with Gasteiger partial charge in [-0.05, 0) is 61.6 Å². The number of fused-ring (bicyclic) bond motifs is 2. The summed E-state index contributed by atoms with van der Waals surface area (Å²) >= 11 is 0. The summed E-state index contributed by atoms with van der Waals surface area (Å²) < 4.78 is 0. The Balaban J connectivity index is 1.44. The van der Waals surface area contributed by atoms with Crippen LogP contribution in [0.5, 0.6) is 0 Å². The molecule has 2 aliphatic heterocycles. The standard InChI is InChI=1S/C23H25N7/c1-2-10-30(11-3-1)23-17-13-20(27-19(17)6-9-25-23)21-18-12-16(14-26-22(18)29-28-21)15-4-7-24-8-5-15/h4,6,9,12-14,24,27H,1-3,5,7-8,10-11H2,(H,26,28,29). The molecular weight excluding hydrogens is 374 g/mol. The summed E-state index contributed by atoms with van der Waals surface area (Å²) in [5.41, 5.74) is 6.36. The fourth-order valence-corrected chi connectivity index (χ4v) is 4.69. The maximum Gasteiger partial charge on any atom is 0.155 e. The predicted octanol–water partition coefficient (Wildman–Crippen LogP) is 3.87. The van der Waals surface area contributed by atoms with Crippen LogP contribution in [-0.4, -0.2) is 51.3 Å². The number of pyridine rings is 2. The smallest absolute Gasteiger partial charge is 0.155 e. The average Bonchev–Trinajstić information content (AvgIpc) is 3.43. The molecule has 0 bridgehead atoms. The quantitative estimate of drug-likeness (QED) is 0.487. The topological polar surface area (TPSA) is 85.5 Å². The highest BCUT2D eigenvalue weighted by molar-refractivity contribution is 5.98. The fraction of sp³-hybridized carbons (Fsp3) is 0.348. The first-order valence-electron chi connectivity index (χ1n) is 10.8. The van der Waals surface area contributed by atoms with Crippen molar-refractivity contribution in [2.24, 2.45) is 0 Å². The summed E-state index contributed by atoms with van der Waals surface area (Å²) in [6.45, 7) is 4.08. The number of aromatic nitrogens is 5. The zero-order chi connectivity index (χ0) is 19.9. The van der Waals surface area contributed by atoms with Crippen LogP contribution in [0.25, 0.3) is 38.9 Å². The van der Waals surface area contributed by atoms with Crippen LogP contribution >= 0.6 is 0 Å². The second-order valence-corrected chi connectivity index (χ2v) is 8.20. The number of aromatic amines is 2. The Morgan fingerprint density at radius 1 is 1.00 bits per heavy atom. The van der Waals surface area contributed by atoms with Crippen molar-refractivity contribution >= 4 is 33.3 Å². The Kier molecular flexibility index (Phi) is 4.27. The lowest BCUT2D eigenvalue weighted by Gasteiger charge is -2.28. The second kappa shape index (κ2) is 7.25. The van der Waals surface area contributed by atoms with Crippen LogP contribution in [0.4, 0.5) is 5.82 Å². The molecular formula is C23H25N7. The van der Waals surface area contributed by atoms with Gasteiger partial charge in [0.1, 0.15) is 11.5 Å². The highest BCUT2D eigenvalue weighted by Gasteiger charge is 2.19. The van der Waals surface area contributed by atoms with E-state index in [4.69, 9.17) is 4.98 Å². The molecule has 0 radical (unpaired) electrons. The molecule has 0 aliphatic carbocycles. The van der Waals surface area contributed by atoms with Crippen LogP contribution in [0, 0.1) is 0 Å². The van der Waals surface area contributed by atoms with Gasteiger partial charge in [-0.3, -0.25) is 5.10 Å². The molecule has 30 heavy (non-hydrogen) atoms. The van der Waals surface area contributed by atoms with Crippen LogP contribution < -0.4 is 10.2 Å². The Hall–Kier alpha value is -3.19. The lowest BCUT2D eigenvalue weighted by atomic mass is 10.0. The van der Waals surface area contributed by atoms with Gasteiger partial charge in [-0.2, -0.15) is 5.10 Å². The third kappa shape index (κ3) is 2.97. The van der Waals surface area contributed by atoms with E-state index in [9.17, 15) is 0 Å². The molecule has 1 fully saturated rings. The average molecular weight is 400 g/mol. The third-order valence-corrected chi connectivity index (χ3v) is 6.29. The highest BCUT2D eigenvalue weighted by atomic mass is 15.2. The van der Waals surface area contributed by atoms with Crippen molar-refractivity contribution in [2.75, 3.05) is 31.1 Å². The van der Waals surface area contributed by atoms with Crippen molar-refractivity contribution in [1.29, 1.82) is 0 Å². The van der Waals surface area contributed by atoms with E-state index in [0.717, 1.165) is 71.7 Å². The third-order valence-electron chi connectivity index (χ3n) is 6.29. The van der Waals surface area contributed by atoms with E-state index >= 15 is 0 Å². The van der Waals surface area contributed by atoms with Crippen LogP contribution in [-0.2, 0) is 0 Å². The summed E-state index contributed by atoms with van der Waals surface area (Å²) in [6.07, 6.45) is 10.9. The molecule has 0 saturated carbocycles. The minimum atomic E-state index is 0.816. The Morgan fingerprint density at radius 2 is 1.93 bits per heavy atom. The van der Waals surface area contributed by atoms with Crippen molar-refractivity contribution in [3.8, 4) is 11.4 Å². The van der Waals surface area contributed by atoms with Crippen molar-refractivity contribution in [2.45, 2.75) is 25.7 Å². The van der Waals surface area contributed by atoms with Gasteiger partial charge in [0.15, 0.2) is 5.65 Å². The van der Waals surface area contributed by atoms with Gasteiger partial charge in [0.25, 0.3) is 0 Å². The van der Waals surface area contributed by atoms with Crippen molar-refractivity contribution < 1.29 is 0 Å². The van der Waals surface area contributed by atoms with Crippen molar-refractivity contribution in [3.63, 3.8) is 0 Å². The molecule has 152 valence electrons. The summed E-state index contributed by atoms with van der Waals surface area (Å²) in [7, 11) is 0. The van der Waals surface area contributed by atoms with E-state index in [1.165, 1.54) is 30.4 Å². The number of H-pyrrole nitrogens is 2. The van der Waals surface area contributed by atoms with Crippen LogP contribution in [0.1, 0.15) is 31.2 Å². The van der Waals surface area contributed by atoms with Gasteiger partial charge in [0, 0.05) is 42.8 Å². The van der Waals surface area contributed by atoms with Gasteiger partial charge in [0.2, 0.25) is 0 Å². The summed E-state index contributed by atoms with van der Waals surface area (Å²) in [5.74, 6) is 1.08. The molecule has 0 aromatic carbocycles. The van der Waals surface area contributed by atoms with E-state index in [-0.39, 0.29) is 0 Å². The number of rotatable bonds is 3. The fourth-order valence-electron chi connectivity index (χ4n) is 4.69. The maximum absolute atomic E-state index is 4.71. The Labute approximate surface area is 174 Å². The molecule has 0 amide bonds. The predicted molar refractivity (Wildman–Crippen MR) is 121 cm³/mol. The molecule has 4 aromatic heterocycles. The number of nitrogens with one attached hydrogen (secondary N) is 3. The molecule has 2 aliphatic rings. The molecule has 7 nitrogen and oxygen atoms in total. The van der Waals surface area contributed by atoms with Crippen LogP contribution in [0.3, 0.4) is 0 Å². The molecule has 7 heteroatoms. The number of hydrogen-bond acceptors (Lipinski definition) is 5. The minimum absolute atomic E-state index is 0.816. The minimum Gasteiger partial charge on any atom is -0.356 e. The highest BCUT2D eigenvalue weighted by Crippen LogP contribution is 2.33. The largest absolute Gasteiger partial charge is 0.356 e. The van der Waals surface area contributed by atoms with Gasteiger partial charge in [0.05, 0.1) is 11.2 Å². The molecule has 6 heterocycles. The molecule has 6 rings (SSSR count). The molecule has 3 N–H and O–H groups in total. The number of hydrogen-bond donors (Lipinski definition) is 3. The summed E-state index contributed by atoms with van der Waals surface area (Å²) in [5, 5.41) is 13.3. The van der Waals surface area contributed by atoms with E-state index in [1.807, 2.05) is 18.5 Å². The summed E-state index contributed by atoms with van der Waals surface area (Å²) in [4.78, 5) is 15.3. The Bertz CT molecular complexity index is 1240. The maximum atomic E-state index is 4.71. The molecule has 4 aromatic rings. The number of nitrogens with zero attached hydrogens (tertiary/aromatic N) is 4. The molecule has 1 saturated heterocycles. The van der Waals surface area contributed by atoms with Crippen LogP contribution in [0.2, 0.25) is 0 Å². The SMILES string of the molecule is C1=C(c2cnc3[nH]nc(-c4cc5c(N6CCCCC6)nccc5[nH]4)c3c2)CCNC1. The van der Waals surface area contributed by atoms with Crippen molar-refractivity contribution in [3.05, 3.63) is 42.2 Å². The van der Waals surface area contributed by atoms with Gasteiger partial charge in [-0.1, -0.05) is 6.08 Å². The van der Waals surface area contributed by atoms with Gasteiger partial charge in [-0.25, -0.2) is 9.97 Å². The molecule has 0 unspecified atom stereocenters. The van der Waals surface area contributed by atoms with E-state index in [1.54, 1.807) is 0 Å². The van der Waals surface area contributed by atoms with E-state index in [0.29, 0.717) is 0 Å². The van der Waals surface area contributed by atoms with E-state index < -0.39 is 0 Å². The normalized spacial score (nSPS) is 17.6. The van der Waals surface area contributed by atoms with E-state index in [2.05, 4.69) is 48.6 Å². The summed E-state index contributed by atoms with van der Waals surface area (Å²) in [6, 6.07) is 6.45. The Morgan fingerprint density at radius 3 is 2.80 bits per heavy atom. The lowest BCUT2D eigenvalue weighted by molar-refractivity contribution is 0.575. The van der Waals surface area contributed by atoms with Gasteiger partial charge < -0.3 is 15.2 Å². The zero-order valence-corrected chi connectivity index (χ0v) is 16.9. The zero-order valence-electron chi connectivity index (χ0n) is 16.9. The second-order valence-electron chi connectivity index (χ2n) is 8.20. The lowest BCUT2D eigenvalue weighted by Crippen LogP contribution is -2.30. The number of anilines is 1. The first-order chi connectivity index (χ1) is 14.9. The monoisotopic (exact) mass is 399 g/mol. The molecule has 0 atom stereocenters. The van der Waals surface area contributed by atoms with Gasteiger partial charge in [-0.15, -0.1) is 0 Å². The van der Waals surface area contributed by atoms with Crippen molar-refractivity contribution in [1.82, 2.24) is 30.5 Å². The van der Waals surface area contributed by atoms with Gasteiger partial charge >= 0.3 is 0 Å². The first-order valence-corrected chi connectivity index (χ1v) is 10.8. The van der Waals surface area contributed by atoms with Crippen LogP contribution in [0.15, 0.2) is 36.7 Å². The molecule has 0 spiro atoms. The number of piperidine rings is 1.